The number of alkyl halides is 3. The van der Waals surface area contributed by atoms with Gasteiger partial charge in [0.2, 0.25) is 17.7 Å². The number of aromatic nitrogens is 1. The molecule has 3 fully saturated rings. The van der Waals surface area contributed by atoms with Gasteiger partial charge >= 0.3 is 6.18 Å². The highest BCUT2D eigenvalue weighted by Gasteiger charge is 2.51. The molecule has 4 amide bonds. The second kappa shape index (κ2) is 17.6. The molecule has 3 N–H and O–H groups in total. The van der Waals surface area contributed by atoms with Crippen molar-refractivity contribution in [2.45, 2.75) is 70.8 Å². The van der Waals surface area contributed by atoms with Crippen molar-refractivity contribution in [3.63, 3.8) is 0 Å². The lowest BCUT2D eigenvalue weighted by Crippen LogP contribution is -2.54. The van der Waals surface area contributed by atoms with Gasteiger partial charge in [0, 0.05) is 55.7 Å². The summed E-state index contributed by atoms with van der Waals surface area (Å²) in [6, 6.07) is 13.8. The van der Waals surface area contributed by atoms with E-state index in [0.29, 0.717) is 80.1 Å². The lowest BCUT2D eigenvalue weighted by molar-refractivity contribution is -0.138. The van der Waals surface area contributed by atoms with E-state index >= 15 is 0 Å². The summed E-state index contributed by atoms with van der Waals surface area (Å²) in [4.78, 5) is 61.1. The van der Waals surface area contributed by atoms with E-state index in [1.54, 1.807) is 49.1 Å². The lowest BCUT2D eigenvalue weighted by atomic mass is 10.0. The van der Waals surface area contributed by atoms with Gasteiger partial charge in [-0.15, -0.1) is 0 Å². The molecular weight excluding hydrogens is 802 g/mol. The van der Waals surface area contributed by atoms with Gasteiger partial charge in [0.15, 0.2) is 10.8 Å². The number of halogens is 3. The summed E-state index contributed by atoms with van der Waals surface area (Å²) < 4.78 is 47.5. The maximum Gasteiger partial charge on any atom is 0.419 e. The third-order valence-electron chi connectivity index (χ3n) is 10.7. The predicted molar refractivity (Wildman–Crippen MR) is 219 cm³/mol. The third kappa shape index (κ3) is 9.33. The molecule has 0 spiro atoms. The molecule has 3 aliphatic heterocycles. The molecule has 1 aromatic heterocycles. The maximum absolute atomic E-state index is 13.7. The van der Waals surface area contributed by atoms with Crippen LogP contribution in [0.25, 0.3) is 0 Å². The quantitative estimate of drug-likeness (QED) is 0.170. The Morgan fingerprint density at radius 1 is 1.07 bits per heavy atom. The van der Waals surface area contributed by atoms with E-state index in [-0.39, 0.29) is 41.6 Å². The number of anilines is 4. The van der Waals surface area contributed by atoms with Crippen LogP contribution < -0.4 is 30.5 Å². The number of piperidine rings is 1. The number of imide groups is 1. The number of nitriles is 2. The molecule has 314 valence electrons. The monoisotopic (exact) mass is 844 g/mol. The number of piperazine rings is 1. The van der Waals surface area contributed by atoms with E-state index < -0.39 is 40.8 Å². The Morgan fingerprint density at radius 3 is 2.48 bits per heavy atom. The number of nitrogens with one attached hydrogen (secondary N) is 3. The minimum absolute atomic E-state index is 0.0345. The standard InChI is InChI=1S/C41H43F3N10O5S/c1-5-26-16-29(54-39(60)53(38(58)40(54,3)4)30-18-31(41(42,43)44)33(20-46)47-21-30)6-8-34(26)59-13-12-51-10-11-52(24(2)22-51)23-36(56)49-28-15-25(19-45)14-27(17-28)48-32-7-9-35(55)50-37(32)57/h6,8,14-18,21,24,32,48H,5,7,9-13,22-23H2,1-4H3,(H,49,56)(H,50,55,57)/t24-,32?/m1/s1. The van der Waals surface area contributed by atoms with Crippen LogP contribution in [0.4, 0.5) is 35.9 Å². The fourth-order valence-electron chi connectivity index (χ4n) is 7.52. The van der Waals surface area contributed by atoms with Gasteiger partial charge in [-0.25, -0.2) is 4.98 Å². The van der Waals surface area contributed by atoms with Crippen LogP contribution in [0.2, 0.25) is 0 Å². The summed E-state index contributed by atoms with van der Waals surface area (Å²) in [7, 11) is 0. The number of carbonyl (C=O) groups excluding carboxylic acids is 4. The number of benzene rings is 2. The van der Waals surface area contributed by atoms with Gasteiger partial charge in [-0.3, -0.25) is 39.2 Å². The van der Waals surface area contributed by atoms with Gasteiger partial charge in [0.25, 0.3) is 5.91 Å². The van der Waals surface area contributed by atoms with Crippen LogP contribution in [0.3, 0.4) is 0 Å². The van der Waals surface area contributed by atoms with E-state index in [0.717, 1.165) is 16.7 Å². The highest BCUT2D eigenvalue weighted by Crippen LogP contribution is 2.40. The zero-order chi connectivity index (χ0) is 43.5. The second-order valence-corrected chi connectivity index (χ2v) is 15.6. The predicted octanol–water partition coefficient (Wildman–Crippen LogP) is 4.56. The van der Waals surface area contributed by atoms with Crippen molar-refractivity contribution in [1.29, 1.82) is 10.5 Å². The minimum Gasteiger partial charge on any atom is -0.492 e. The normalized spacial score (nSPS) is 19.8. The van der Waals surface area contributed by atoms with Gasteiger partial charge in [0.1, 0.15) is 30.0 Å². The summed E-state index contributed by atoms with van der Waals surface area (Å²) in [6.07, 6.45) is -2.75. The number of amides is 4. The van der Waals surface area contributed by atoms with Gasteiger partial charge in [0.05, 0.1) is 35.6 Å². The minimum atomic E-state index is -4.87. The molecule has 1 unspecified atom stereocenters. The van der Waals surface area contributed by atoms with Crippen LogP contribution in [0.15, 0.2) is 48.7 Å². The number of hydrogen-bond acceptors (Lipinski definition) is 12. The summed E-state index contributed by atoms with van der Waals surface area (Å²) in [5.41, 5.74) is -0.965. The summed E-state index contributed by atoms with van der Waals surface area (Å²) in [6.45, 7) is 10.4. The van der Waals surface area contributed by atoms with Crippen LogP contribution in [-0.4, -0.2) is 100 Å². The average Bonchev–Trinajstić information content (AvgIpc) is 3.37. The molecule has 60 heavy (non-hydrogen) atoms. The first kappa shape index (κ1) is 43.4. The number of nitrogens with zero attached hydrogens (tertiary/aromatic N) is 7. The topological polar surface area (TPSA) is 187 Å². The Hall–Kier alpha value is -6.15. The van der Waals surface area contributed by atoms with Crippen molar-refractivity contribution in [3.8, 4) is 17.9 Å². The molecule has 3 aliphatic rings. The smallest absolute Gasteiger partial charge is 0.419 e. The van der Waals surface area contributed by atoms with Crippen LogP contribution in [0.1, 0.15) is 62.9 Å². The zero-order valence-electron chi connectivity index (χ0n) is 33.4. The highest BCUT2D eigenvalue weighted by atomic mass is 32.1. The number of pyridine rings is 1. The molecule has 2 atom stereocenters. The highest BCUT2D eigenvalue weighted by molar-refractivity contribution is 7.81. The van der Waals surface area contributed by atoms with Crippen molar-refractivity contribution in [2.75, 3.05) is 59.8 Å². The summed E-state index contributed by atoms with van der Waals surface area (Å²) in [5.74, 6) is -0.954. The fraction of sp³-hybridized carbons (Fsp3) is 0.415. The second-order valence-electron chi connectivity index (χ2n) is 15.2. The number of aryl methyl sites for hydroxylation is 1. The van der Waals surface area contributed by atoms with Gasteiger partial charge < -0.3 is 20.3 Å². The van der Waals surface area contributed by atoms with E-state index in [2.05, 4.69) is 36.8 Å². The molecule has 19 heteroatoms. The molecule has 0 aliphatic carbocycles. The first-order chi connectivity index (χ1) is 28.4. The van der Waals surface area contributed by atoms with E-state index in [9.17, 15) is 42.9 Å². The van der Waals surface area contributed by atoms with E-state index in [1.807, 2.05) is 19.9 Å². The fourth-order valence-corrected chi connectivity index (χ4v) is 8.04. The largest absolute Gasteiger partial charge is 0.492 e. The number of thiocarbonyl (C=S) groups is 1. The molecule has 15 nitrogen and oxygen atoms in total. The molecular formula is C41H43F3N10O5S. The molecule has 4 heterocycles. The maximum atomic E-state index is 13.7. The van der Waals surface area contributed by atoms with Crippen LogP contribution in [0.5, 0.6) is 5.75 Å². The number of ether oxygens (including phenoxy) is 1. The molecule has 3 aromatic rings. The Labute approximate surface area is 350 Å². The molecule has 3 saturated heterocycles. The molecule has 0 radical (unpaired) electrons. The summed E-state index contributed by atoms with van der Waals surface area (Å²) in [5, 5.41) is 26.9. The molecule has 0 bridgehead atoms. The third-order valence-corrected chi connectivity index (χ3v) is 11.0. The van der Waals surface area contributed by atoms with Crippen molar-refractivity contribution in [2.24, 2.45) is 0 Å². The molecule has 2 aromatic carbocycles. The van der Waals surface area contributed by atoms with Crippen molar-refractivity contribution in [3.05, 3.63) is 71.0 Å². The van der Waals surface area contributed by atoms with Gasteiger partial charge in [-0.05, 0) is 93.9 Å². The molecule has 6 rings (SSSR count). The Bertz CT molecular complexity index is 2310. The van der Waals surface area contributed by atoms with Crippen molar-refractivity contribution >= 4 is 63.7 Å². The van der Waals surface area contributed by atoms with Gasteiger partial charge in [-0.2, -0.15) is 23.7 Å². The van der Waals surface area contributed by atoms with Crippen LogP contribution in [0, 0.1) is 22.7 Å². The van der Waals surface area contributed by atoms with Gasteiger partial charge in [-0.1, -0.05) is 6.92 Å². The van der Waals surface area contributed by atoms with Crippen molar-refractivity contribution < 1.29 is 37.1 Å². The first-order valence-electron chi connectivity index (χ1n) is 19.3. The number of rotatable bonds is 12. The Balaban J connectivity index is 1.03. The number of hydrogen-bond donors (Lipinski definition) is 3. The van der Waals surface area contributed by atoms with Crippen LogP contribution >= 0.6 is 12.2 Å². The average molecular weight is 845 g/mol. The lowest BCUT2D eigenvalue weighted by Gasteiger charge is -2.39. The summed E-state index contributed by atoms with van der Waals surface area (Å²) >= 11 is 5.68. The van der Waals surface area contributed by atoms with Crippen LogP contribution in [-0.2, 0) is 31.8 Å². The van der Waals surface area contributed by atoms with E-state index in [4.69, 9.17) is 17.0 Å². The number of carbonyl (C=O) groups is 4. The SMILES string of the molecule is CCc1cc(N2C(=S)N(c3cnc(C#N)c(C(F)(F)F)c3)C(=O)C2(C)C)ccc1OCCN1CCN(CC(=O)Nc2cc(C#N)cc(NC3CCC(=O)NC3=O)c2)[C@H](C)C1. The van der Waals surface area contributed by atoms with E-state index in [1.165, 1.54) is 6.07 Å². The van der Waals surface area contributed by atoms with Crippen molar-refractivity contribution in [1.82, 2.24) is 20.1 Å². The Morgan fingerprint density at radius 2 is 1.82 bits per heavy atom. The zero-order valence-corrected chi connectivity index (χ0v) is 34.2. The first-order valence-corrected chi connectivity index (χ1v) is 19.7. The molecule has 0 saturated carbocycles. The Kier molecular flexibility index (Phi) is 12.7.